The molecule has 84 valence electrons. The molecule has 0 aromatic carbocycles. The summed E-state index contributed by atoms with van der Waals surface area (Å²) in [4.78, 5) is 2.48. The lowest BCUT2D eigenvalue weighted by molar-refractivity contribution is 0.147. The maximum absolute atomic E-state index is 12.5. The molecule has 0 aliphatic heterocycles. The van der Waals surface area contributed by atoms with Gasteiger partial charge in [-0.25, -0.2) is 27.3 Å². The molecule has 0 saturated carbocycles. The highest BCUT2D eigenvalue weighted by atomic mass is 35.5. The summed E-state index contributed by atoms with van der Waals surface area (Å²) in [7, 11) is -4.31. The number of primary sulfonamides is 1. The van der Waals surface area contributed by atoms with Gasteiger partial charge >= 0.3 is 0 Å². The van der Waals surface area contributed by atoms with E-state index in [1.807, 2.05) is 0 Å². The molecule has 0 atom stereocenters. The number of nitrogens with zero attached hydrogens (tertiary/aromatic N) is 1. The lowest BCUT2D eigenvalue weighted by Crippen LogP contribution is -2.15. The third-order valence-electron chi connectivity index (χ3n) is 1.47. The van der Waals surface area contributed by atoms with E-state index < -0.39 is 32.1 Å². The molecule has 0 radical (unpaired) electrons. The number of aromatic nitrogens is 1. The van der Waals surface area contributed by atoms with Crippen molar-refractivity contribution in [2.45, 2.75) is 11.3 Å². The van der Waals surface area contributed by atoms with E-state index in [9.17, 15) is 17.2 Å². The molecule has 0 unspecified atom stereocenters. The Bertz CT molecular complexity index is 492. The van der Waals surface area contributed by atoms with Gasteiger partial charge in [0.25, 0.3) is 6.43 Å². The number of alkyl halides is 2. The normalized spacial score (nSPS) is 12.1. The molecule has 1 aromatic rings. The van der Waals surface area contributed by atoms with Crippen molar-refractivity contribution in [2.75, 3.05) is 0 Å². The minimum atomic E-state index is -4.31. The summed E-state index contributed by atoms with van der Waals surface area (Å²) in [6.07, 6.45) is -3.10. The average molecular weight is 277 g/mol. The van der Waals surface area contributed by atoms with Gasteiger partial charge in [-0.15, -0.1) is 0 Å². The summed E-state index contributed by atoms with van der Waals surface area (Å²) in [5.74, 6) is 0. The Morgan fingerprint density at radius 3 is 2.33 bits per heavy atom. The van der Waals surface area contributed by atoms with Gasteiger partial charge in [0, 0.05) is 0 Å². The summed E-state index contributed by atoms with van der Waals surface area (Å²) >= 11 is 10.7. The van der Waals surface area contributed by atoms with Gasteiger partial charge in [0.05, 0.1) is 10.5 Å². The molecule has 0 fully saturated rings. The third kappa shape index (κ3) is 2.75. The SMILES string of the molecule is NS(=O)(=O)c1cc(Cl)nc(Cl)c1C(F)F. The number of sulfonamides is 1. The number of hydrogen-bond donors (Lipinski definition) is 1. The molecule has 2 N–H and O–H groups in total. The van der Waals surface area contributed by atoms with Crippen LogP contribution in [0.5, 0.6) is 0 Å². The Kier molecular flexibility index (Phi) is 3.49. The Labute approximate surface area is 94.1 Å². The van der Waals surface area contributed by atoms with E-state index in [1.54, 1.807) is 0 Å². The molecule has 15 heavy (non-hydrogen) atoms. The smallest absolute Gasteiger partial charge is 0.225 e. The van der Waals surface area contributed by atoms with Crippen molar-refractivity contribution in [3.05, 3.63) is 21.9 Å². The summed E-state index contributed by atoms with van der Waals surface area (Å²) in [6, 6.07) is 0.726. The first kappa shape index (κ1) is 12.6. The van der Waals surface area contributed by atoms with Gasteiger partial charge in [-0.05, 0) is 6.07 Å². The predicted octanol–water partition coefficient (Wildman–Crippen LogP) is 1.97. The molecular formula is C6H4Cl2F2N2O2S. The summed E-state index contributed by atoms with van der Waals surface area (Å²) in [5.41, 5.74) is -0.941. The standard InChI is InChI=1S/C6H4Cl2F2N2O2S/c7-3-1-2(15(11,13)14)4(6(9)10)5(8)12-3/h1,6H,(H2,11,13,14). The number of pyridine rings is 1. The van der Waals surface area contributed by atoms with Crippen LogP contribution in [0.4, 0.5) is 8.78 Å². The van der Waals surface area contributed by atoms with Crippen LogP contribution >= 0.6 is 23.2 Å². The van der Waals surface area contributed by atoms with Crippen LogP contribution in [0.3, 0.4) is 0 Å². The maximum Gasteiger partial charge on any atom is 0.268 e. The highest BCUT2D eigenvalue weighted by Gasteiger charge is 2.25. The van der Waals surface area contributed by atoms with Crippen molar-refractivity contribution in [1.29, 1.82) is 0 Å². The van der Waals surface area contributed by atoms with E-state index in [0.717, 1.165) is 6.07 Å². The molecule has 0 bridgehead atoms. The number of rotatable bonds is 2. The number of hydrogen-bond acceptors (Lipinski definition) is 3. The maximum atomic E-state index is 12.5. The number of nitrogens with two attached hydrogens (primary N) is 1. The van der Waals surface area contributed by atoms with E-state index >= 15 is 0 Å². The van der Waals surface area contributed by atoms with Gasteiger partial charge in [-0.2, -0.15) is 0 Å². The first-order valence-corrected chi connectivity index (χ1v) is 5.70. The highest BCUT2D eigenvalue weighted by Crippen LogP contribution is 2.32. The van der Waals surface area contributed by atoms with Crippen LogP contribution in [-0.4, -0.2) is 13.4 Å². The van der Waals surface area contributed by atoms with Crippen LogP contribution in [0, 0.1) is 0 Å². The van der Waals surface area contributed by atoms with Crippen molar-refractivity contribution in [2.24, 2.45) is 5.14 Å². The lowest BCUT2D eigenvalue weighted by Gasteiger charge is -2.08. The van der Waals surface area contributed by atoms with Crippen LogP contribution < -0.4 is 5.14 Å². The fourth-order valence-electron chi connectivity index (χ4n) is 0.907. The van der Waals surface area contributed by atoms with Crippen molar-refractivity contribution >= 4 is 33.2 Å². The van der Waals surface area contributed by atoms with Crippen molar-refractivity contribution in [3.8, 4) is 0 Å². The van der Waals surface area contributed by atoms with Gasteiger partial charge in [0.15, 0.2) is 0 Å². The fourth-order valence-corrected chi connectivity index (χ4v) is 2.31. The van der Waals surface area contributed by atoms with Gasteiger partial charge in [-0.3, -0.25) is 0 Å². The first-order valence-electron chi connectivity index (χ1n) is 3.40. The highest BCUT2D eigenvalue weighted by molar-refractivity contribution is 7.89. The van der Waals surface area contributed by atoms with Crippen LogP contribution in [0.2, 0.25) is 10.3 Å². The Hall–Kier alpha value is -0.500. The van der Waals surface area contributed by atoms with Gasteiger partial charge in [-0.1, -0.05) is 23.2 Å². The second-order valence-electron chi connectivity index (χ2n) is 2.49. The zero-order chi connectivity index (χ0) is 11.8. The molecule has 9 heteroatoms. The molecule has 0 aliphatic rings. The molecule has 1 aromatic heterocycles. The van der Waals surface area contributed by atoms with E-state index in [1.165, 1.54) is 0 Å². The fraction of sp³-hybridized carbons (Fsp3) is 0.167. The molecule has 1 heterocycles. The zero-order valence-electron chi connectivity index (χ0n) is 6.92. The van der Waals surface area contributed by atoms with E-state index in [2.05, 4.69) is 4.98 Å². The predicted molar refractivity (Wildman–Crippen MR) is 50.6 cm³/mol. The molecule has 1 rings (SSSR count). The largest absolute Gasteiger partial charge is 0.268 e. The van der Waals surface area contributed by atoms with Crippen LogP contribution in [0.15, 0.2) is 11.0 Å². The first-order chi connectivity index (χ1) is 6.73. The van der Waals surface area contributed by atoms with Crippen LogP contribution in [-0.2, 0) is 10.0 Å². The molecule has 0 amide bonds. The summed E-state index contributed by atoms with van der Waals surface area (Å²) in [5, 5.41) is 3.72. The Morgan fingerprint density at radius 1 is 1.40 bits per heavy atom. The monoisotopic (exact) mass is 276 g/mol. The van der Waals surface area contributed by atoms with Crippen LogP contribution in [0.1, 0.15) is 12.0 Å². The minimum Gasteiger partial charge on any atom is -0.225 e. The minimum absolute atomic E-state index is 0.326. The summed E-state index contributed by atoms with van der Waals surface area (Å²) < 4.78 is 46.8. The van der Waals surface area contributed by atoms with E-state index in [0.29, 0.717) is 0 Å². The summed E-state index contributed by atoms with van der Waals surface area (Å²) in [6.45, 7) is 0. The second-order valence-corrected chi connectivity index (χ2v) is 4.77. The molecular weight excluding hydrogens is 273 g/mol. The topological polar surface area (TPSA) is 73.1 Å². The van der Waals surface area contributed by atoms with E-state index in [-0.39, 0.29) is 5.15 Å². The van der Waals surface area contributed by atoms with Crippen molar-refractivity contribution in [1.82, 2.24) is 4.98 Å². The van der Waals surface area contributed by atoms with Gasteiger partial charge < -0.3 is 0 Å². The second kappa shape index (κ2) is 4.17. The van der Waals surface area contributed by atoms with Gasteiger partial charge in [0.1, 0.15) is 10.3 Å². The third-order valence-corrected chi connectivity index (χ3v) is 2.90. The Balaban J connectivity index is 3.62. The average Bonchev–Trinajstić information content (AvgIpc) is 1.99. The van der Waals surface area contributed by atoms with Crippen molar-refractivity contribution < 1.29 is 17.2 Å². The molecule has 0 spiro atoms. The lowest BCUT2D eigenvalue weighted by atomic mass is 10.3. The molecule has 0 aliphatic carbocycles. The quantitative estimate of drug-likeness (QED) is 0.840. The Morgan fingerprint density at radius 2 is 1.93 bits per heavy atom. The van der Waals surface area contributed by atoms with Gasteiger partial charge in [0.2, 0.25) is 10.0 Å². The van der Waals surface area contributed by atoms with E-state index in [4.69, 9.17) is 28.3 Å². The van der Waals surface area contributed by atoms with Crippen molar-refractivity contribution in [3.63, 3.8) is 0 Å². The zero-order valence-corrected chi connectivity index (χ0v) is 9.24. The number of halogens is 4. The van der Waals surface area contributed by atoms with Crippen LogP contribution in [0.25, 0.3) is 0 Å². The molecule has 0 saturated heterocycles. The molecule has 4 nitrogen and oxygen atoms in total.